The lowest BCUT2D eigenvalue weighted by Gasteiger charge is -2.20. The number of hydrogen-bond acceptors (Lipinski definition) is 2. The molecule has 0 amide bonds. The van der Waals surface area contributed by atoms with Crippen LogP contribution in [-0.2, 0) is 19.5 Å². The van der Waals surface area contributed by atoms with E-state index in [-0.39, 0.29) is 5.54 Å². The quantitative estimate of drug-likeness (QED) is 0.908. The molecule has 1 aromatic heterocycles. The highest BCUT2D eigenvalue weighted by atomic mass is 15.3. The molecule has 1 aromatic carbocycles. The monoisotopic (exact) mass is 285 g/mol. The van der Waals surface area contributed by atoms with Gasteiger partial charge in [0.15, 0.2) is 0 Å². The minimum absolute atomic E-state index is 0.129. The molecule has 3 heteroatoms. The van der Waals surface area contributed by atoms with Crippen LogP contribution in [0, 0.1) is 6.92 Å². The third kappa shape index (κ3) is 4.71. The van der Waals surface area contributed by atoms with Crippen molar-refractivity contribution in [1.29, 1.82) is 0 Å². The van der Waals surface area contributed by atoms with Crippen LogP contribution in [-0.4, -0.2) is 15.3 Å². The predicted octanol–water partition coefficient (Wildman–Crippen LogP) is 3.69. The molecule has 3 nitrogen and oxygen atoms in total. The molecule has 1 N–H and O–H groups in total. The zero-order valence-electron chi connectivity index (χ0n) is 13.9. The highest BCUT2D eigenvalue weighted by Gasteiger charge is 2.11. The molecule has 0 unspecified atom stereocenters. The smallest absolute Gasteiger partial charge is 0.0659 e. The summed E-state index contributed by atoms with van der Waals surface area (Å²) in [6, 6.07) is 8.80. The first-order chi connectivity index (χ1) is 9.87. The summed E-state index contributed by atoms with van der Waals surface area (Å²) < 4.78 is 2.04. The average molecular weight is 285 g/mol. The molecule has 2 aromatic rings. The lowest BCUT2D eigenvalue weighted by Crippen LogP contribution is -2.35. The molecule has 0 bridgehead atoms. The van der Waals surface area contributed by atoms with Gasteiger partial charge in [0.2, 0.25) is 0 Å². The van der Waals surface area contributed by atoms with E-state index in [1.165, 1.54) is 16.7 Å². The third-order valence-corrected chi connectivity index (χ3v) is 3.63. The summed E-state index contributed by atoms with van der Waals surface area (Å²) in [4.78, 5) is 0. The van der Waals surface area contributed by atoms with Crippen LogP contribution in [0.4, 0.5) is 0 Å². The molecule has 0 saturated carbocycles. The Morgan fingerprint density at radius 3 is 2.29 bits per heavy atom. The van der Waals surface area contributed by atoms with Gasteiger partial charge in [-0.15, -0.1) is 0 Å². The first-order valence-electron chi connectivity index (χ1n) is 7.73. The molecular weight excluding hydrogens is 258 g/mol. The van der Waals surface area contributed by atoms with Crippen LogP contribution in [0.25, 0.3) is 0 Å². The van der Waals surface area contributed by atoms with Crippen molar-refractivity contribution in [3.63, 3.8) is 0 Å². The lowest BCUT2D eigenvalue weighted by molar-refractivity contribution is 0.423. The lowest BCUT2D eigenvalue weighted by atomic mass is 10.1. The van der Waals surface area contributed by atoms with E-state index >= 15 is 0 Å². The van der Waals surface area contributed by atoms with Crippen molar-refractivity contribution in [3.8, 4) is 0 Å². The molecule has 21 heavy (non-hydrogen) atoms. The Kier molecular flexibility index (Phi) is 4.84. The second kappa shape index (κ2) is 6.44. The van der Waals surface area contributed by atoms with Crippen LogP contribution in [0.3, 0.4) is 0 Å². The Balaban J connectivity index is 2.03. The Hall–Kier alpha value is -1.61. The molecular formula is C18H27N3. The number of rotatable bonds is 5. The van der Waals surface area contributed by atoms with E-state index in [2.05, 4.69) is 75.5 Å². The van der Waals surface area contributed by atoms with Crippen LogP contribution >= 0.6 is 0 Å². The molecule has 0 aliphatic heterocycles. The predicted molar refractivity (Wildman–Crippen MR) is 88.5 cm³/mol. The fourth-order valence-electron chi connectivity index (χ4n) is 2.24. The number of benzene rings is 1. The first-order valence-corrected chi connectivity index (χ1v) is 7.73. The molecule has 0 radical (unpaired) electrons. The number of aryl methyl sites for hydroxylation is 2. The zero-order valence-corrected chi connectivity index (χ0v) is 13.9. The van der Waals surface area contributed by atoms with Gasteiger partial charge in [0.1, 0.15) is 0 Å². The average Bonchev–Trinajstić information content (AvgIpc) is 2.77. The van der Waals surface area contributed by atoms with Gasteiger partial charge in [0.25, 0.3) is 0 Å². The normalized spacial score (nSPS) is 11.9. The van der Waals surface area contributed by atoms with Gasteiger partial charge < -0.3 is 5.32 Å². The summed E-state index contributed by atoms with van der Waals surface area (Å²) in [7, 11) is 0. The summed E-state index contributed by atoms with van der Waals surface area (Å²) in [5.74, 6) is 0. The Morgan fingerprint density at radius 2 is 1.71 bits per heavy atom. The molecule has 114 valence electrons. The molecule has 0 aliphatic rings. The van der Waals surface area contributed by atoms with Crippen molar-refractivity contribution in [2.24, 2.45) is 0 Å². The maximum absolute atomic E-state index is 4.63. The largest absolute Gasteiger partial charge is 0.308 e. The van der Waals surface area contributed by atoms with Crippen LogP contribution in [0.5, 0.6) is 0 Å². The van der Waals surface area contributed by atoms with Crippen molar-refractivity contribution < 1.29 is 0 Å². The minimum atomic E-state index is 0.129. The van der Waals surface area contributed by atoms with Crippen LogP contribution in [0.15, 0.2) is 30.5 Å². The molecule has 0 fully saturated rings. The van der Waals surface area contributed by atoms with Gasteiger partial charge in [-0.05, 0) is 45.2 Å². The fraction of sp³-hybridized carbons (Fsp3) is 0.500. The Morgan fingerprint density at radius 1 is 1.10 bits per heavy atom. The summed E-state index contributed by atoms with van der Waals surface area (Å²) >= 11 is 0. The topological polar surface area (TPSA) is 29.9 Å². The van der Waals surface area contributed by atoms with Gasteiger partial charge in [-0.25, -0.2) is 0 Å². The van der Waals surface area contributed by atoms with Gasteiger partial charge in [0.05, 0.1) is 12.2 Å². The van der Waals surface area contributed by atoms with Crippen molar-refractivity contribution >= 4 is 0 Å². The van der Waals surface area contributed by atoms with Crippen LogP contribution < -0.4 is 5.32 Å². The Bertz CT molecular complexity index is 574. The van der Waals surface area contributed by atoms with Gasteiger partial charge in [-0.3, -0.25) is 4.68 Å². The second-order valence-corrected chi connectivity index (χ2v) is 6.71. The standard InChI is InChI=1S/C18H27N3/c1-6-15-7-9-16(10-8-15)12-21-13-17(14(2)20-21)11-19-18(3,4)5/h7-10,13,19H,6,11-12H2,1-5H3. The highest BCUT2D eigenvalue weighted by molar-refractivity contribution is 5.23. The van der Waals surface area contributed by atoms with Crippen molar-refractivity contribution in [3.05, 3.63) is 52.8 Å². The van der Waals surface area contributed by atoms with Crippen LogP contribution in [0.1, 0.15) is 50.1 Å². The molecule has 1 heterocycles. The molecule has 0 saturated heterocycles. The first kappa shape index (κ1) is 15.8. The van der Waals surface area contributed by atoms with E-state index in [0.717, 1.165) is 25.2 Å². The van der Waals surface area contributed by atoms with E-state index in [1.54, 1.807) is 0 Å². The van der Waals surface area contributed by atoms with Gasteiger partial charge >= 0.3 is 0 Å². The maximum atomic E-state index is 4.63. The van der Waals surface area contributed by atoms with E-state index in [0.29, 0.717) is 0 Å². The second-order valence-electron chi connectivity index (χ2n) is 6.71. The summed E-state index contributed by atoms with van der Waals surface area (Å²) in [5.41, 5.74) is 5.19. The number of aromatic nitrogens is 2. The molecule has 2 rings (SSSR count). The van der Waals surface area contributed by atoms with E-state index in [9.17, 15) is 0 Å². The molecule has 0 spiro atoms. The number of nitrogens with one attached hydrogen (secondary N) is 1. The Labute approximate surface area is 128 Å². The molecule has 0 atom stereocenters. The zero-order chi connectivity index (χ0) is 15.5. The summed E-state index contributed by atoms with van der Waals surface area (Å²) in [6.07, 6.45) is 3.24. The van der Waals surface area contributed by atoms with E-state index in [4.69, 9.17) is 0 Å². The fourth-order valence-corrected chi connectivity index (χ4v) is 2.24. The highest BCUT2D eigenvalue weighted by Crippen LogP contribution is 2.11. The number of hydrogen-bond donors (Lipinski definition) is 1. The minimum Gasteiger partial charge on any atom is -0.308 e. The van der Waals surface area contributed by atoms with Crippen LogP contribution in [0.2, 0.25) is 0 Å². The summed E-state index contributed by atoms with van der Waals surface area (Å²) in [6.45, 7) is 12.5. The van der Waals surface area contributed by atoms with E-state index < -0.39 is 0 Å². The summed E-state index contributed by atoms with van der Waals surface area (Å²) in [5, 5.41) is 8.14. The van der Waals surface area contributed by atoms with Crippen molar-refractivity contribution in [2.75, 3.05) is 0 Å². The molecule has 0 aliphatic carbocycles. The van der Waals surface area contributed by atoms with Crippen molar-refractivity contribution in [2.45, 2.75) is 59.7 Å². The van der Waals surface area contributed by atoms with E-state index in [1.807, 2.05) is 4.68 Å². The SMILES string of the molecule is CCc1ccc(Cn2cc(CNC(C)(C)C)c(C)n2)cc1. The third-order valence-electron chi connectivity index (χ3n) is 3.63. The van der Waals surface area contributed by atoms with Gasteiger partial charge in [0, 0.05) is 23.8 Å². The maximum Gasteiger partial charge on any atom is 0.0659 e. The van der Waals surface area contributed by atoms with Crippen molar-refractivity contribution in [1.82, 2.24) is 15.1 Å². The van der Waals surface area contributed by atoms with Gasteiger partial charge in [-0.1, -0.05) is 31.2 Å². The van der Waals surface area contributed by atoms with Gasteiger partial charge in [-0.2, -0.15) is 5.10 Å². The number of nitrogens with zero attached hydrogens (tertiary/aromatic N) is 2.